The molecule has 1 aromatic heterocycles. The summed E-state index contributed by atoms with van der Waals surface area (Å²) in [5.74, 6) is -0.0715. The van der Waals surface area contributed by atoms with Crippen molar-refractivity contribution >= 4 is 5.91 Å². The predicted octanol–water partition coefficient (Wildman–Crippen LogP) is 3.13. The predicted molar refractivity (Wildman–Crippen MR) is 74.4 cm³/mol. The van der Waals surface area contributed by atoms with Crippen molar-refractivity contribution in [1.82, 2.24) is 10.3 Å². The summed E-state index contributed by atoms with van der Waals surface area (Å²) in [5, 5.41) is 2.59. The van der Waals surface area contributed by atoms with Gasteiger partial charge in [-0.25, -0.2) is 0 Å². The monoisotopic (exact) mass is 242 g/mol. The summed E-state index contributed by atoms with van der Waals surface area (Å²) in [7, 11) is 1.62. The van der Waals surface area contributed by atoms with Crippen molar-refractivity contribution in [3.05, 3.63) is 54.4 Å². The molecule has 94 valence electrons. The van der Waals surface area contributed by atoms with E-state index in [1.807, 2.05) is 38.1 Å². The minimum atomic E-state index is -0.0715. The molecule has 2 aromatic rings. The Morgan fingerprint density at radius 1 is 1.06 bits per heavy atom. The molecule has 1 heterocycles. The Labute approximate surface area is 108 Å². The van der Waals surface area contributed by atoms with E-state index in [0.717, 1.165) is 11.1 Å². The summed E-state index contributed by atoms with van der Waals surface area (Å²) in [6.07, 6.45) is 3.54. The number of nitrogens with zero attached hydrogens (tertiary/aromatic N) is 1. The number of pyridine rings is 1. The van der Waals surface area contributed by atoms with Gasteiger partial charge in [-0.2, -0.15) is 0 Å². The first-order valence-corrected chi connectivity index (χ1v) is 6.04. The second-order valence-electron chi connectivity index (χ2n) is 3.40. The number of nitrogens with one attached hydrogen (secondary N) is 1. The maximum Gasteiger partial charge on any atom is 0.251 e. The molecule has 2 rings (SSSR count). The first-order chi connectivity index (χ1) is 8.81. The van der Waals surface area contributed by atoms with Crippen LogP contribution in [0.5, 0.6) is 0 Å². The molecule has 0 aliphatic rings. The minimum absolute atomic E-state index is 0.0715. The fourth-order valence-electron chi connectivity index (χ4n) is 1.49. The lowest BCUT2D eigenvalue weighted by Gasteiger charge is -2.02. The number of rotatable bonds is 2. The van der Waals surface area contributed by atoms with Gasteiger partial charge >= 0.3 is 0 Å². The zero-order valence-corrected chi connectivity index (χ0v) is 11.0. The van der Waals surface area contributed by atoms with Gasteiger partial charge in [0.2, 0.25) is 0 Å². The highest BCUT2D eigenvalue weighted by Crippen LogP contribution is 2.18. The molecule has 0 aliphatic carbocycles. The topological polar surface area (TPSA) is 42.0 Å². The lowest BCUT2D eigenvalue weighted by Crippen LogP contribution is -2.17. The summed E-state index contributed by atoms with van der Waals surface area (Å²) in [4.78, 5) is 15.4. The van der Waals surface area contributed by atoms with Crippen molar-refractivity contribution in [3.63, 3.8) is 0 Å². The molecule has 0 spiro atoms. The average molecular weight is 242 g/mol. The molecule has 0 unspecified atom stereocenters. The number of aromatic nitrogens is 1. The molecule has 3 nitrogen and oxygen atoms in total. The molecule has 18 heavy (non-hydrogen) atoms. The number of benzene rings is 1. The molecule has 0 saturated heterocycles. The lowest BCUT2D eigenvalue weighted by molar-refractivity contribution is 0.0963. The highest BCUT2D eigenvalue weighted by molar-refractivity contribution is 5.94. The Bertz CT molecular complexity index is 478. The van der Waals surface area contributed by atoms with Crippen LogP contribution in [0.3, 0.4) is 0 Å². The van der Waals surface area contributed by atoms with Crippen LogP contribution < -0.4 is 5.32 Å². The van der Waals surface area contributed by atoms with Crippen molar-refractivity contribution in [1.29, 1.82) is 0 Å². The maximum absolute atomic E-state index is 11.3. The molecule has 0 radical (unpaired) electrons. The van der Waals surface area contributed by atoms with Gasteiger partial charge in [0.05, 0.1) is 0 Å². The number of amides is 1. The quantitative estimate of drug-likeness (QED) is 0.879. The van der Waals surface area contributed by atoms with E-state index in [1.165, 1.54) is 0 Å². The Morgan fingerprint density at radius 3 is 2.22 bits per heavy atom. The van der Waals surface area contributed by atoms with E-state index in [9.17, 15) is 4.79 Å². The Kier molecular flexibility index (Phi) is 5.58. The molecule has 0 saturated carbocycles. The number of carbonyl (C=O) groups excluding carboxylic acids is 1. The van der Waals surface area contributed by atoms with Crippen molar-refractivity contribution in [2.45, 2.75) is 13.8 Å². The van der Waals surface area contributed by atoms with Crippen molar-refractivity contribution in [2.24, 2.45) is 0 Å². The second kappa shape index (κ2) is 7.22. The van der Waals surface area contributed by atoms with Gasteiger partial charge in [-0.15, -0.1) is 0 Å². The summed E-state index contributed by atoms with van der Waals surface area (Å²) in [6, 6.07) is 11.3. The van der Waals surface area contributed by atoms with Crippen LogP contribution in [0, 0.1) is 0 Å². The van der Waals surface area contributed by atoms with Crippen LogP contribution in [-0.4, -0.2) is 17.9 Å². The molecule has 1 aromatic carbocycles. The van der Waals surface area contributed by atoms with Crippen LogP contribution in [0.1, 0.15) is 24.2 Å². The largest absolute Gasteiger partial charge is 0.355 e. The van der Waals surface area contributed by atoms with E-state index in [2.05, 4.69) is 10.3 Å². The van der Waals surface area contributed by atoms with Gasteiger partial charge in [0.15, 0.2) is 0 Å². The summed E-state index contributed by atoms with van der Waals surface area (Å²) in [5.41, 5.74) is 2.77. The van der Waals surface area contributed by atoms with Crippen LogP contribution in [-0.2, 0) is 0 Å². The molecule has 3 heteroatoms. The molecule has 1 amide bonds. The zero-order chi connectivity index (χ0) is 13.4. The summed E-state index contributed by atoms with van der Waals surface area (Å²) < 4.78 is 0. The van der Waals surface area contributed by atoms with E-state index in [0.29, 0.717) is 5.56 Å². The minimum Gasteiger partial charge on any atom is -0.355 e. The van der Waals surface area contributed by atoms with Crippen LogP contribution in [0.25, 0.3) is 11.1 Å². The fraction of sp³-hybridized carbons (Fsp3) is 0.200. The summed E-state index contributed by atoms with van der Waals surface area (Å²) in [6.45, 7) is 4.00. The van der Waals surface area contributed by atoms with Gasteiger partial charge in [0.1, 0.15) is 0 Å². The van der Waals surface area contributed by atoms with Gasteiger partial charge in [0.25, 0.3) is 5.91 Å². The first-order valence-electron chi connectivity index (χ1n) is 6.04. The SMILES string of the molecule is CC.CNC(=O)c1ccc(-c2cccnc2)cc1. The van der Waals surface area contributed by atoms with Crippen LogP contribution in [0.2, 0.25) is 0 Å². The average Bonchev–Trinajstić information content (AvgIpc) is 2.49. The van der Waals surface area contributed by atoms with Crippen molar-refractivity contribution in [3.8, 4) is 11.1 Å². The van der Waals surface area contributed by atoms with E-state index in [-0.39, 0.29) is 5.91 Å². The van der Waals surface area contributed by atoms with Gasteiger partial charge < -0.3 is 5.32 Å². The first kappa shape index (κ1) is 13.9. The highest BCUT2D eigenvalue weighted by atomic mass is 16.1. The second-order valence-corrected chi connectivity index (χ2v) is 3.40. The van der Waals surface area contributed by atoms with Crippen LogP contribution >= 0.6 is 0 Å². The van der Waals surface area contributed by atoms with E-state index in [1.54, 1.807) is 31.6 Å². The summed E-state index contributed by atoms with van der Waals surface area (Å²) >= 11 is 0. The molecule has 0 bridgehead atoms. The zero-order valence-electron chi connectivity index (χ0n) is 11.0. The normalized spacial score (nSPS) is 9.06. The Balaban J connectivity index is 0.000000771. The lowest BCUT2D eigenvalue weighted by atomic mass is 10.1. The molecule has 0 atom stereocenters. The molecular formula is C15H18N2O. The third-order valence-electron chi connectivity index (χ3n) is 2.37. The van der Waals surface area contributed by atoms with Crippen LogP contribution in [0.4, 0.5) is 0 Å². The molecular weight excluding hydrogens is 224 g/mol. The number of hydrogen-bond acceptors (Lipinski definition) is 2. The van der Waals surface area contributed by atoms with E-state index in [4.69, 9.17) is 0 Å². The van der Waals surface area contributed by atoms with Gasteiger partial charge in [0, 0.05) is 25.0 Å². The maximum atomic E-state index is 11.3. The molecule has 1 N–H and O–H groups in total. The van der Waals surface area contributed by atoms with E-state index >= 15 is 0 Å². The van der Waals surface area contributed by atoms with Crippen molar-refractivity contribution in [2.75, 3.05) is 7.05 Å². The Hall–Kier alpha value is -2.16. The highest BCUT2D eigenvalue weighted by Gasteiger charge is 2.02. The third-order valence-corrected chi connectivity index (χ3v) is 2.37. The number of hydrogen-bond donors (Lipinski definition) is 1. The molecule has 0 aliphatic heterocycles. The van der Waals surface area contributed by atoms with Gasteiger partial charge in [-0.3, -0.25) is 9.78 Å². The van der Waals surface area contributed by atoms with E-state index < -0.39 is 0 Å². The fourth-order valence-corrected chi connectivity index (χ4v) is 1.49. The standard InChI is InChI=1S/C13H12N2O.C2H6/c1-14-13(16)11-6-4-10(5-7-11)12-3-2-8-15-9-12;1-2/h2-9H,1H3,(H,14,16);1-2H3. The van der Waals surface area contributed by atoms with Gasteiger partial charge in [-0.1, -0.05) is 32.0 Å². The van der Waals surface area contributed by atoms with Crippen LogP contribution in [0.15, 0.2) is 48.8 Å². The number of carbonyl (C=O) groups is 1. The Morgan fingerprint density at radius 2 is 1.72 bits per heavy atom. The van der Waals surface area contributed by atoms with Crippen molar-refractivity contribution < 1.29 is 4.79 Å². The molecule has 0 fully saturated rings. The van der Waals surface area contributed by atoms with Gasteiger partial charge in [-0.05, 0) is 29.3 Å². The smallest absolute Gasteiger partial charge is 0.251 e. The third kappa shape index (κ3) is 3.42.